The fourth-order valence-corrected chi connectivity index (χ4v) is 4.02. The second-order valence-corrected chi connectivity index (χ2v) is 7.68. The minimum atomic E-state index is -1.69. The van der Waals surface area contributed by atoms with E-state index in [-0.39, 0.29) is 6.61 Å². The molecule has 2 N–H and O–H groups in total. The predicted octanol–water partition coefficient (Wildman–Crippen LogP) is 2.64. The first-order valence-electron chi connectivity index (χ1n) is 8.90. The first-order chi connectivity index (χ1) is 13.5. The molecule has 2 aromatic rings. The molecule has 2 heterocycles. The summed E-state index contributed by atoms with van der Waals surface area (Å²) in [5.41, 5.74) is 1.08. The van der Waals surface area contributed by atoms with Crippen LogP contribution < -0.4 is 0 Å². The Bertz CT molecular complexity index is 754. The lowest BCUT2D eigenvalue weighted by atomic mass is 10.0. The van der Waals surface area contributed by atoms with Crippen LogP contribution in [0.1, 0.15) is 11.1 Å². The third-order valence-electron chi connectivity index (χ3n) is 4.80. The Kier molecular flexibility index (Phi) is 5.66. The lowest BCUT2D eigenvalue weighted by Gasteiger charge is -2.46. The van der Waals surface area contributed by atoms with Crippen LogP contribution in [0.4, 0.5) is 0 Å². The highest BCUT2D eigenvalue weighted by Gasteiger charge is 2.55. The number of hydrogen-bond donors (Lipinski definition) is 2. The van der Waals surface area contributed by atoms with Crippen LogP contribution in [0.25, 0.3) is 0 Å². The number of aliphatic hydroxyl groups excluding tert-OH is 2. The van der Waals surface area contributed by atoms with Gasteiger partial charge in [0.25, 0.3) is 10.5 Å². The molecule has 0 amide bonds. The van der Waals surface area contributed by atoms with Gasteiger partial charge in [0, 0.05) is 11.1 Å². The summed E-state index contributed by atoms with van der Waals surface area (Å²) in [6.07, 6.45) is -3.87. The Morgan fingerprint density at radius 3 is 1.93 bits per heavy atom. The minimum absolute atomic E-state index is 0.153. The van der Waals surface area contributed by atoms with E-state index in [1.54, 1.807) is 48.5 Å². The Morgan fingerprint density at radius 1 is 0.821 bits per heavy atom. The summed E-state index contributed by atoms with van der Waals surface area (Å²) in [6.45, 7) is -0.570. The molecular weight excluding hydrogens is 407 g/mol. The van der Waals surface area contributed by atoms with Crippen molar-refractivity contribution < 1.29 is 29.2 Å². The second kappa shape index (κ2) is 7.89. The second-order valence-electron chi connectivity index (χ2n) is 6.69. The minimum Gasteiger partial charge on any atom is -0.394 e. The van der Waals surface area contributed by atoms with Crippen LogP contribution in [0.15, 0.2) is 60.7 Å². The maximum atomic E-state index is 10.7. The van der Waals surface area contributed by atoms with Crippen LogP contribution in [0.3, 0.4) is 0 Å². The van der Waals surface area contributed by atoms with Crippen molar-refractivity contribution >= 4 is 23.2 Å². The van der Waals surface area contributed by atoms with Gasteiger partial charge in [0.1, 0.15) is 24.4 Å². The Hall–Kier alpha value is -1.22. The topological polar surface area (TPSA) is 77.4 Å². The molecule has 0 bridgehead atoms. The van der Waals surface area contributed by atoms with Crippen LogP contribution in [0, 0.1) is 0 Å². The highest BCUT2D eigenvalue weighted by atomic mass is 35.5. The Morgan fingerprint density at radius 2 is 1.36 bits per heavy atom. The zero-order valence-electron chi connectivity index (χ0n) is 14.8. The Labute approximate surface area is 172 Å². The zero-order valence-corrected chi connectivity index (χ0v) is 16.3. The lowest BCUT2D eigenvalue weighted by molar-refractivity contribution is -0.348. The fraction of sp³-hybridized carbons (Fsp3) is 0.400. The predicted molar refractivity (Wildman–Crippen MR) is 102 cm³/mol. The van der Waals surface area contributed by atoms with Crippen LogP contribution in [0.5, 0.6) is 0 Å². The van der Waals surface area contributed by atoms with Gasteiger partial charge in [0.15, 0.2) is 0 Å². The zero-order chi connectivity index (χ0) is 19.8. The normalized spacial score (nSPS) is 38.4. The monoisotopic (exact) mass is 426 g/mol. The van der Waals surface area contributed by atoms with Gasteiger partial charge in [-0.25, -0.2) is 0 Å². The van der Waals surface area contributed by atoms with Gasteiger partial charge in [-0.3, -0.25) is 0 Å². The SMILES string of the molecule is OC[C@H]1OC(Cl)(c2ccccc2)O[C@H]2[C@@H]1OC(Cl)(c1ccccc1)OC[C@@H]2O. The van der Waals surface area contributed by atoms with Gasteiger partial charge in [-0.15, -0.1) is 0 Å². The number of alkyl halides is 2. The molecule has 2 saturated heterocycles. The molecule has 150 valence electrons. The Balaban J connectivity index is 1.68. The standard InChI is InChI=1S/C20H20Cl2O6/c21-19(13-7-3-1-4-8-13)25-12-15(24)17-18(28-19)16(11-23)26-20(22,27-17)14-9-5-2-6-10-14/h1-10,15-18,23-24H,11-12H2/t15-,16+,17+,18+,19?,20?/m0/s1. The van der Waals surface area contributed by atoms with E-state index in [0.717, 1.165) is 0 Å². The molecule has 0 aliphatic carbocycles. The largest absolute Gasteiger partial charge is 0.394 e. The molecule has 2 aromatic carbocycles. The van der Waals surface area contributed by atoms with E-state index >= 15 is 0 Å². The molecular formula is C20H20Cl2O6. The van der Waals surface area contributed by atoms with Crippen molar-refractivity contribution in [3.05, 3.63) is 71.8 Å². The molecule has 0 saturated carbocycles. The van der Waals surface area contributed by atoms with Crippen molar-refractivity contribution in [2.45, 2.75) is 34.9 Å². The van der Waals surface area contributed by atoms with Crippen molar-refractivity contribution in [1.82, 2.24) is 0 Å². The third-order valence-corrected chi connectivity index (χ3v) is 5.62. The number of rotatable bonds is 3. The van der Waals surface area contributed by atoms with Gasteiger partial charge in [0.2, 0.25) is 0 Å². The third kappa shape index (κ3) is 3.67. The van der Waals surface area contributed by atoms with E-state index in [0.29, 0.717) is 11.1 Å². The summed E-state index contributed by atoms with van der Waals surface area (Å²) >= 11 is 13.2. The van der Waals surface area contributed by atoms with E-state index in [1.807, 2.05) is 12.1 Å². The van der Waals surface area contributed by atoms with Crippen molar-refractivity contribution in [3.63, 3.8) is 0 Å². The maximum Gasteiger partial charge on any atom is 0.277 e. The molecule has 2 aliphatic rings. The summed E-state index contributed by atoms with van der Waals surface area (Å²) in [4.78, 5) is 0. The average molecular weight is 427 g/mol. The molecule has 2 fully saturated rings. The molecule has 6 nitrogen and oxygen atoms in total. The molecule has 6 atom stereocenters. The summed E-state index contributed by atoms with van der Waals surface area (Å²) < 4.78 is 23.5. The molecule has 0 spiro atoms. The van der Waals surface area contributed by atoms with E-state index in [1.165, 1.54) is 0 Å². The maximum absolute atomic E-state index is 10.7. The summed E-state index contributed by atoms with van der Waals surface area (Å²) in [5.74, 6) is 0. The highest BCUT2D eigenvalue weighted by molar-refractivity contribution is 6.22. The van der Waals surface area contributed by atoms with Crippen LogP contribution in [0.2, 0.25) is 0 Å². The number of benzene rings is 2. The molecule has 0 radical (unpaired) electrons. The van der Waals surface area contributed by atoms with Gasteiger partial charge in [-0.1, -0.05) is 83.9 Å². The van der Waals surface area contributed by atoms with Crippen molar-refractivity contribution in [2.75, 3.05) is 13.2 Å². The van der Waals surface area contributed by atoms with Gasteiger partial charge in [0.05, 0.1) is 13.2 Å². The van der Waals surface area contributed by atoms with Crippen molar-refractivity contribution in [2.24, 2.45) is 0 Å². The van der Waals surface area contributed by atoms with Crippen molar-refractivity contribution in [1.29, 1.82) is 0 Å². The number of halogens is 2. The molecule has 4 rings (SSSR count). The summed E-state index contributed by atoms with van der Waals surface area (Å²) in [7, 11) is 0. The van der Waals surface area contributed by atoms with Crippen LogP contribution in [-0.2, 0) is 29.4 Å². The van der Waals surface area contributed by atoms with E-state index in [4.69, 9.17) is 42.1 Å². The van der Waals surface area contributed by atoms with Gasteiger partial charge in [-0.05, 0) is 0 Å². The van der Waals surface area contributed by atoms with Crippen LogP contribution >= 0.6 is 23.2 Å². The van der Waals surface area contributed by atoms with Crippen LogP contribution in [-0.4, -0.2) is 47.8 Å². The lowest BCUT2D eigenvalue weighted by Crippen LogP contribution is -2.59. The van der Waals surface area contributed by atoms with Crippen molar-refractivity contribution in [3.8, 4) is 0 Å². The smallest absolute Gasteiger partial charge is 0.277 e. The average Bonchev–Trinajstić information content (AvgIpc) is 2.86. The molecule has 2 aliphatic heterocycles. The van der Waals surface area contributed by atoms with E-state index in [2.05, 4.69) is 0 Å². The number of hydrogen-bond acceptors (Lipinski definition) is 6. The quantitative estimate of drug-likeness (QED) is 0.734. The summed E-state index contributed by atoms with van der Waals surface area (Å²) in [6, 6.07) is 17.8. The fourth-order valence-electron chi connectivity index (χ4n) is 3.38. The molecule has 28 heavy (non-hydrogen) atoms. The number of aliphatic hydroxyl groups is 2. The first-order valence-corrected chi connectivity index (χ1v) is 9.66. The highest BCUT2D eigenvalue weighted by Crippen LogP contribution is 2.46. The molecule has 2 unspecified atom stereocenters. The first kappa shape index (κ1) is 20.1. The number of fused-ring (bicyclic) bond motifs is 1. The summed E-state index contributed by atoms with van der Waals surface area (Å²) in [5, 5.41) is 17.3. The molecule has 8 heteroatoms. The van der Waals surface area contributed by atoms with Gasteiger partial charge < -0.3 is 29.2 Å². The van der Waals surface area contributed by atoms with E-state index < -0.39 is 41.5 Å². The number of ether oxygens (including phenoxy) is 4. The van der Waals surface area contributed by atoms with Gasteiger partial charge >= 0.3 is 0 Å². The van der Waals surface area contributed by atoms with E-state index in [9.17, 15) is 10.2 Å². The van der Waals surface area contributed by atoms with Gasteiger partial charge in [-0.2, -0.15) is 0 Å². The molecule has 0 aromatic heterocycles.